The van der Waals surface area contributed by atoms with E-state index < -0.39 is 12.1 Å². The molecular formula is C62H119NO5. The topological polar surface area (TPSA) is 95.9 Å². The molecule has 0 fully saturated rings. The van der Waals surface area contributed by atoms with Gasteiger partial charge in [-0.25, -0.2) is 0 Å². The maximum Gasteiger partial charge on any atom is 0.305 e. The van der Waals surface area contributed by atoms with Crippen LogP contribution in [0, 0.1) is 0 Å². The number of nitrogens with one attached hydrogen (secondary N) is 1. The largest absolute Gasteiger partial charge is 0.466 e. The van der Waals surface area contributed by atoms with Crippen LogP contribution in [0.4, 0.5) is 0 Å². The zero-order valence-electron chi connectivity index (χ0n) is 45.9. The Bertz CT molecular complexity index is 1060. The average Bonchev–Trinajstić information content (AvgIpc) is 3.34. The second kappa shape index (κ2) is 57.9. The Balaban J connectivity index is 3.37. The molecule has 0 saturated heterocycles. The number of ether oxygens (including phenoxy) is 1. The lowest BCUT2D eigenvalue weighted by atomic mass is 10.0. The number of unbranched alkanes of at least 4 members (excludes halogenated alkanes) is 42. The quantitative estimate of drug-likeness (QED) is 0.0321. The minimum Gasteiger partial charge on any atom is -0.466 e. The fourth-order valence-corrected chi connectivity index (χ4v) is 9.54. The van der Waals surface area contributed by atoms with E-state index in [-0.39, 0.29) is 18.5 Å². The van der Waals surface area contributed by atoms with Gasteiger partial charge in [0.15, 0.2) is 0 Å². The molecule has 0 aliphatic rings. The first-order valence-corrected chi connectivity index (χ1v) is 30.6. The van der Waals surface area contributed by atoms with E-state index in [1.807, 2.05) is 0 Å². The minimum absolute atomic E-state index is 0.0000466. The Morgan fingerprint density at radius 1 is 0.412 bits per heavy atom. The van der Waals surface area contributed by atoms with Gasteiger partial charge in [0.2, 0.25) is 5.91 Å². The van der Waals surface area contributed by atoms with Gasteiger partial charge in [-0.15, -0.1) is 0 Å². The summed E-state index contributed by atoms with van der Waals surface area (Å²) in [6.45, 7) is 4.92. The monoisotopic (exact) mass is 958 g/mol. The van der Waals surface area contributed by atoms with Crippen LogP contribution in [-0.2, 0) is 14.3 Å². The summed E-state index contributed by atoms with van der Waals surface area (Å²) in [4.78, 5) is 24.5. The van der Waals surface area contributed by atoms with Crippen molar-refractivity contribution in [2.75, 3.05) is 13.2 Å². The Morgan fingerprint density at radius 3 is 1.16 bits per heavy atom. The number of carbonyl (C=O) groups excluding carboxylic acids is 2. The van der Waals surface area contributed by atoms with Gasteiger partial charge in [0, 0.05) is 12.8 Å². The number of aliphatic hydroxyl groups is 2. The lowest BCUT2D eigenvalue weighted by Crippen LogP contribution is -2.45. The van der Waals surface area contributed by atoms with Crippen LogP contribution in [0.5, 0.6) is 0 Å². The van der Waals surface area contributed by atoms with Crippen LogP contribution in [0.1, 0.15) is 335 Å². The first kappa shape index (κ1) is 66.3. The smallest absolute Gasteiger partial charge is 0.305 e. The summed E-state index contributed by atoms with van der Waals surface area (Å²) >= 11 is 0. The predicted molar refractivity (Wildman–Crippen MR) is 296 cm³/mol. The standard InChI is InChI=1S/C62H119NO5/c1-3-5-7-9-11-13-15-17-30-34-38-42-46-50-54-60(65)59(58-64)63-61(66)55-51-47-43-39-35-31-28-26-24-22-20-19-21-23-25-27-29-33-37-41-45-49-53-57-68-62(67)56-52-48-44-40-36-32-18-16-14-12-10-8-6-4-2/h10,12,16,18,59-60,64-65H,3-9,11,13-15,17,19-58H2,1-2H3,(H,63,66)/b12-10-,18-16-. The van der Waals surface area contributed by atoms with Crippen LogP contribution < -0.4 is 5.32 Å². The summed E-state index contributed by atoms with van der Waals surface area (Å²) in [5.41, 5.74) is 0. The summed E-state index contributed by atoms with van der Waals surface area (Å²) in [6, 6.07) is -0.540. The number of esters is 1. The number of aliphatic hydroxyl groups excluding tert-OH is 2. The van der Waals surface area contributed by atoms with E-state index in [9.17, 15) is 19.8 Å². The molecule has 3 N–H and O–H groups in total. The van der Waals surface area contributed by atoms with Crippen LogP contribution in [0.3, 0.4) is 0 Å². The summed E-state index contributed by atoms with van der Waals surface area (Å²) in [7, 11) is 0. The van der Waals surface area contributed by atoms with Gasteiger partial charge in [0.25, 0.3) is 0 Å². The fourth-order valence-electron chi connectivity index (χ4n) is 9.54. The minimum atomic E-state index is -0.663. The van der Waals surface area contributed by atoms with Crippen molar-refractivity contribution in [3.63, 3.8) is 0 Å². The molecule has 0 heterocycles. The Labute approximate surface area is 424 Å². The highest BCUT2D eigenvalue weighted by atomic mass is 16.5. The third kappa shape index (κ3) is 53.7. The van der Waals surface area contributed by atoms with E-state index >= 15 is 0 Å². The maximum absolute atomic E-state index is 12.5. The molecule has 1 amide bonds. The van der Waals surface area contributed by atoms with Crippen molar-refractivity contribution < 1.29 is 24.5 Å². The molecule has 0 aromatic heterocycles. The van der Waals surface area contributed by atoms with Gasteiger partial charge in [-0.3, -0.25) is 9.59 Å². The molecule has 0 aliphatic carbocycles. The molecule has 0 saturated carbocycles. The molecule has 0 aromatic rings. The SMILES string of the molecule is CCCC/C=C\C/C=C\CCCCCCCC(=O)OCCCCCCCCCCCCCCCCCCCCCCCCCC(=O)NC(CO)C(O)CCCCCCCCCCCCCCCC. The maximum atomic E-state index is 12.5. The Morgan fingerprint density at radius 2 is 0.750 bits per heavy atom. The number of allylic oxidation sites excluding steroid dienone is 4. The molecule has 6 heteroatoms. The summed E-state index contributed by atoms with van der Waals surface area (Å²) in [5.74, 6) is -0.0330. The van der Waals surface area contributed by atoms with E-state index in [2.05, 4.69) is 43.5 Å². The molecule has 2 atom stereocenters. The van der Waals surface area contributed by atoms with E-state index in [0.29, 0.717) is 25.9 Å². The second-order valence-corrected chi connectivity index (χ2v) is 21.0. The van der Waals surface area contributed by atoms with E-state index in [4.69, 9.17) is 4.74 Å². The van der Waals surface area contributed by atoms with Crippen molar-refractivity contribution in [2.45, 2.75) is 347 Å². The number of carbonyl (C=O) groups is 2. The van der Waals surface area contributed by atoms with Crippen molar-refractivity contribution in [2.24, 2.45) is 0 Å². The molecular weight excluding hydrogens is 839 g/mol. The van der Waals surface area contributed by atoms with E-state index in [0.717, 1.165) is 51.4 Å². The van der Waals surface area contributed by atoms with Crippen molar-refractivity contribution in [3.05, 3.63) is 24.3 Å². The van der Waals surface area contributed by atoms with Crippen molar-refractivity contribution >= 4 is 11.9 Å². The molecule has 0 aliphatic heterocycles. The average molecular weight is 959 g/mol. The number of amides is 1. The van der Waals surface area contributed by atoms with Gasteiger partial charge in [-0.2, -0.15) is 0 Å². The predicted octanol–water partition coefficient (Wildman–Crippen LogP) is 19.0. The highest BCUT2D eigenvalue weighted by molar-refractivity contribution is 5.76. The lowest BCUT2D eigenvalue weighted by Gasteiger charge is -2.22. The zero-order chi connectivity index (χ0) is 49.3. The van der Waals surface area contributed by atoms with Gasteiger partial charge in [0.05, 0.1) is 25.4 Å². The molecule has 402 valence electrons. The molecule has 68 heavy (non-hydrogen) atoms. The molecule has 0 aromatic carbocycles. The molecule has 0 radical (unpaired) electrons. The third-order valence-electron chi connectivity index (χ3n) is 14.3. The lowest BCUT2D eigenvalue weighted by molar-refractivity contribution is -0.143. The number of hydrogen-bond acceptors (Lipinski definition) is 5. The first-order chi connectivity index (χ1) is 33.5. The molecule has 6 nitrogen and oxygen atoms in total. The van der Waals surface area contributed by atoms with Crippen LogP contribution >= 0.6 is 0 Å². The normalized spacial score (nSPS) is 12.7. The van der Waals surface area contributed by atoms with E-state index in [1.165, 1.54) is 250 Å². The summed E-state index contributed by atoms with van der Waals surface area (Å²) in [6.07, 6.45) is 70.4. The highest BCUT2D eigenvalue weighted by Crippen LogP contribution is 2.18. The highest BCUT2D eigenvalue weighted by Gasteiger charge is 2.20. The molecule has 2 unspecified atom stereocenters. The van der Waals surface area contributed by atoms with Gasteiger partial charge < -0.3 is 20.3 Å². The van der Waals surface area contributed by atoms with Crippen LogP contribution in [0.25, 0.3) is 0 Å². The van der Waals surface area contributed by atoms with Crippen LogP contribution in [0.2, 0.25) is 0 Å². The van der Waals surface area contributed by atoms with E-state index in [1.54, 1.807) is 0 Å². The fraction of sp³-hybridized carbons (Fsp3) is 0.903. The summed E-state index contributed by atoms with van der Waals surface area (Å²) in [5, 5.41) is 23.3. The Hall–Kier alpha value is -1.66. The van der Waals surface area contributed by atoms with Crippen molar-refractivity contribution in [3.8, 4) is 0 Å². The van der Waals surface area contributed by atoms with Gasteiger partial charge in [0.1, 0.15) is 0 Å². The number of hydrogen-bond donors (Lipinski definition) is 3. The van der Waals surface area contributed by atoms with Crippen molar-refractivity contribution in [1.29, 1.82) is 0 Å². The van der Waals surface area contributed by atoms with Gasteiger partial charge in [-0.1, -0.05) is 295 Å². The zero-order valence-corrected chi connectivity index (χ0v) is 45.9. The third-order valence-corrected chi connectivity index (χ3v) is 14.3. The van der Waals surface area contributed by atoms with Crippen molar-refractivity contribution in [1.82, 2.24) is 5.32 Å². The first-order valence-electron chi connectivity index (χ1n) is 30.6. The van der Waals surface area contributed by atoms with Crippen LogP contribution in [-0.4, -0.2) is 47.4 Å². The van der Waals surface area contributed by atoms with Crippen LogP contribution in [0.15, 0.2) is 24.3 Å². The second-order valence-electron chi connectivity index (χ2n) is 21.0. The van der Waals surface area contributed by atoms with Gasteiger partial charge in [-0.05, 0) is 51.4 Å². The summed E-state index contributed by atoms with van der Waals surface area (Å²) < 4.78 is 5.47. The molecule has 0 spiro atoms. The Kier molecular flexibility index (Phi) is 56.5. The number of rotatable bonds is 57. The van der Waals surface area contributed by atoms with Gasteiger partial charge >= 0.3 is 5.97 Å². The molecule has 0 rings (SSSR count). The molecule has 0 bridgehead atoms.